The molecule has 4 aromatic carbocycles. The van der Waals surface area contributed by atoms with Gasteiger partial charge in [-0.2, -0.15) is 0 Å². The zero-order valence-corrected chi connectivity index (χ0v) is 28.3. The number of sulfonamides is 1. The van der Waals surface area contributed by atoms with Crippen LogP contribution >= 0.6 is 23.2 Å². The number of ether oxygens (including phenoxy) is 1. The number of amides is 2. The van der Waals surface area contributed by atoms with Crippen molar-refractivity contribution in [2.24, 2.45) is 0 Å². The number of nitrogens with zero attached hydrogens (tertiary/aromatic N) is 2. The molecule has 8 nitrogen and oxygen atoms in total. The van der Waals surface area contributed by atoms with Crippen molar-refractivity contribution < 1.29 is 22.7 Å². The van der Waals surface area contributed by atoms with E-state index < -0.39 is 28.5 Å². The molecule has 0 aliphatic carbocycles. The van der Waals surface area contributed by atoms with Gasteiger partial charge in [-0.1, -0.05) is 90.3 Å². The van der Waals surface area contributed by atoms with Crippen molar-refractivity contribution in [3.63, 3.8) is 0 Å². The van der Waals surface area contributed by atoms with Gasteiger partial charge >= 0.3 is 0 Å². The third-order valence-corrected chi connectivity index (χ3v) is 9.64. The first kappa shape index (κ1) is 34.8. The number of halogens is 2. The van der Waals surface area contributed by atoms with E-state index in [1.54, 1.807) is 48.5 Å². The van der Waals surface area contributed by atoms with Crippen molar-refractivity contribution in [1.82, 2.24) is 10.2 Å². The molecule has 0 bridgehead atoms. The summed E-state index contributed by atoms with van der Waals surface area (Å²) in [4.78, 5) is 29.7. The van der Waals surface area contributed by atoms with E-state index >= 15 is 0 Å². The largest absolute Gasteiger partial charge is 0.495 e. The number of anilines is 1. The quantitative estimate of drug-likeness (QED) is 0.160. The van der Waals surface area contributed by atoms with E-state index in [4.69, 9.17) is 27.9 Å². The minimum absolute atomic E-state index is 0.0151. The fraction of sp³-hybridized carbons (Fsp3) is 0.257. The van der Waals surface area contributed by atoms with Gasteiger partial charge in [0.2, 0.25) is 11.8 Å². The highest BCUT2D eigenvalue weighted by Crippen LogP contribution is 2.35. The first-order valence-electron chi connectivity index (χ1n) is 14.8. The van der Waals surface area contributed by atoms with Crippen LogP contribution in [0.5, 0.6) is 5.75 Å². The third kappa shape index (κ3) is 8.81. The number of methoxy groups -OCH3 is 1. The molecule has 11 heteroatoms. The Morgan fingerprint density at radius 3 is 2.15 bits per heavy atom. The van der Waals surface area contributed by atoms with Gasteiger partial charge in [0.25, 0.3) is 10.0 Å². The van der Waals surface area contributed by atoms with E-state index in [9.17, 15) is 18.0 Å². The van der Waals surface area contributed by atoms with Crippen LogP contribution in [0.1, 0.15) is 30.0 Å². The van der Waals surface area contributed by atoms with Crippen molar-refractivity contribution in [2.75, 3.05) is 24.5 Å². The van der Waals surface area contributed by atoms with Gasteiger partial charge in [0.05, 0.1) is 17.7 Å². The number of rotatable bonds is 14. The molecule has 242 valence electrons. The Balaban J connectivity index is 1.84. The monoisotopic (exact) mass is 681 g/mol. The molecule has 1 N–H and O–H groups in total. The highest BCUT2D eigenvalue weighted by molar-refractivity contribution is 7.92. The maximum absolute atomic E-state index is 14.6. The number of benzene rings is 4. The van der Waals surface area contributed by atoms with E-state index in [1.807, 2.05) is 44.2 Å². The first-order chi connectivity index (χ1) is 22.0. The first-order valence-corrected chi connectivity index (χ1v) is 17.0. The molecular weight excluding hydrogens is 645 g/mol. The average Bonchev–Trinajstić information content (AvgIpc) is 3.05. The fourth-order valence-corrected chi connectivity index (χ4v) is 6.62. The standard InChI is InChI=1S/C35H37Cl2N3O5S/c1-4-20-38-35(42)32(21-26-8-6-5-7-9-26)39(23-27-12-14-28(36)15-13-27)34(41)24-40(31-22-29(37)16-19-33(31)45-3)46(43,44)30-17-10-25(2)11-18-30/h5-19,22,32H,4,20-21,23-24H2,1-3H3,(H,38,42)/t32-/m1/s1. The molecule has 0 fully saturated rings. The third-order valence-electron chi connectivity index (χ3n) is 7.38. The predicted molar refractivity (Wildman–Crippen MR) is 183 cm³/mol. The van der Waals surface area contributed by atoms with Crippen LogP contribution in [0.25, 0.3) is 0 Å². The Morgan fingerprint density at radius 1 is 0.870 bits per heavy atom. The summed E-state index contributed by atoms with van der Waals surface area (Å²) in [5, 5.41) is 3.71. The van der Waals surface area contributed by atoms with Crippen molar-refractivity contribution in [1.29, 1.82) is 0 Å². The molecule has 0 aliphatic rings. The summed E-state index contributed by atoms with van der Waals surface area (Å²) in [6.45, 7) is 3.60. The highest BCUT2D eigenvalue weighted by Gasteiger charge is 2.35. The minimum Gasteiger partial charge on any atom is -0.495 e. The van der Waals surface area contributed by atoms with E-state index in [1.165, 1.54) is 30.2 Å². The van der Waals surface area contributed by atoms with Gasteiger partial charge in [0, 0.05) is 29.6 Å². The molecule has 0 spiro atoms. The number of carbonyl (C=O) groups excluding carboxylic acids is 2. The van der Waals surface area contributed by atoms with Crippen LogP contribution in [0.2, 0.25) is 10.0 Å². The van der Waals surface area contributed by atoms with E-state index in [0.29, 0.717) is 23.6 Å². The molecule has 0 aromatic heterocycles. The van der Waals surface area contributed by atoms with Gasteiger partial charge in [-0.25, -0.2) is 8.42 Å². The number of aryl methyl sites for hydroxylation is 1. The molecule has 4 aromatic rings. The van der Waals surface area contributed by atoms with Crippen LogP contribution in [-0.2, 0) is 32.6 Å². The van der Waals surface area contributed by atoms with Gasteiger partial charge in [0.1, 0.15) is 18.3 Å². The topological polar surface area (TPSA) is 96.0 Å². The Hall–Kier alpha value is -4.05. The number of hydrogen-bond acceptors (Lipinski definition) is 5. The van der Waals surface area contributed by atoms with Gasteiger partial charge in [-0.3, -0.25) is 13.9 Å². The smallest absolute Gasteiger partial charge is 0.264 e. The van der Waals surface area contributed by atoms with Crippen LogP contribution in [0.4, 0.5) is 5.69 Å². The molecule has 4 rings (SSSR count). The maximum Gasteiger partial charge on any atom is 0.264 e. The second kappa shape index (κ2) is 16.0. The molecule has 0 aliphatic heterocycles. The fourth-order valence-electron chi connectivity index (χ4n) is 4.92. The average molecular weight is 683 g/mol. The van der Waals surface area contributed by atoms with Crippen LogP contribution in [0.15, 0.2) is 102 Å². The zero-order chi connectivity index (χ0) is 33.3. The molecule has 0 saturated heterocycles. The molecular formula is C35H37Cl2N3O5S. The van der Waals surface area contributed by atoms with Gasteiger partial charge in [0.15, 0.2) is 0 Å². The summed E-state index contributed by atoms with van der Waals surface area (Å²) in [5.74, 6) is -0.736. The summed E-state index contributed by atoms with van der Waals surface area (Å²) in [7, 11) is -2.91. The number of nitrogens with one attached hydrogen (secondary N) is 1. The predicted octanol–water partition coefficient (Wildman–Crippen LogP) is 6.67. The van der Waals surface area contributed by atoms with Crippen LogP contribution in [-0.4, -0.2) is 51.4 Å². The lowest BCUT2D eigenvalue weighted by atomic mass is 10.0. The Bertz CT molecular complexity index is 1730. The van der Waals surface area contributed by atoms with Gasteiger partial charge in [-0.05, 0) is 66.9 Å². The van der Waals surface area contributed by atoms with Crippen molar-refractivity contribution in [3.05, 3.63) is 124 Å². The van der Waals surface area contributed by atoms with Gasteiger partial charge < -0.3 is 15.0 Å². The molecule has 0 saturated carbocycles. The molecule has 0 unspecified atom stereocenters. The SMILES string of the molecule is CCCNC(=O)[C@@H](Cc1ccccc1)N(Cc1ccc(Cl)cc1)C(=O)CN(c1cc(Cl)ccc1OC)S(=O)(=O)c1ccc(C)cc1. The van der Waals surface area contributed by atoms with Crippen molar-refractivity contribution in [3.8, 4) is 5.75 Å². The summed E-state index contributed by atoms with van der Waals surface area (Å²) in [5.41, 5.74) is 2.52. The molecule has 0 heterocycles. The summed E-state index contributed by atoms with van der Waals surface area (Å²) in [6, 6.07) is 26.3. The van der Waals surface area contributed by atoms with Crippen LogP contribution in [0.3, 0.4) is 0 Å². The lowest BCUT2D eigenvalue weighted by Gasteiger charge is -2.34. The normalized spacial score (nSPS) is 11.8. The maximum atomic E-state index is 14.6. The van der Waals surface area contributed by atoms with Crippen molar-refractivity contribution in [2.45, 2.75) is 44.2 Å². The highest BCUT2D eigenvalue weighted by atomic mass is 35.5. The minimum atomic E-state index is -4.32. The molecule has 46 heavy (non-hydrogen) atoms. The van der Waals surface area contributed by atoms with E-state index in [0.717, 1.165) is 15.4 Å². The van der Waals surface area contributed by atoms with Crippen molar-refractivity contribution >= 4 is 50.7 Å². The van der Waals surface area contributed by atoms with Crippen LogP contribution < -0.4 is 14.4 Å². The van der Waals surface area contributed by atoms with Crippen LogP contribution in [0, 0.1) is 6.92 Å². The Labute approximate surface area is 280 Å². The lowest BCUT2D eigenvalue weighted by molar-refractivity contribution is -0.140. The molecule has 1 atom stereocenters. The second-order valence-corrected chi connectivity index (χ2v) is 13.5. The summed E-state index contributed by atoms with van der Waals surface area (Å²) < 4.78 is 35.1. The summed E-state index contributed by atoms with van der Waals surface area (Å²) in [6.07, 6.45) is 0.910. The lowest BCUT2D eigenvalue weighted by Crippen LogP contribution is -2.53. The zero-order valence-electron chi connectivity index (χ0n) is 26.0. The number of hydrogen-bond donors (Lipinski definition) is 1. The van der Waals surface area contributed by atoms with Gasteiger partial charge in [-0.15, -0.1) is 0 Å². The second-order valence-electron chi connectivity index (χ2n) is 10.8. The van der Waals surface area contributed by atoms with E-state index in [2.05, 4.69) is 5.32 Å². The molecule has 0 radical (unpaired) electrons. The Morgan fingerprint density at radius 2 is 1.52 bits per heavy atom. The Kier molecular flexibility index (Phi) is 12.1. The number of carbonyl (C=O) groups is 2. The molecule has 2 amide bonds. The van der Waals surface area contributed by atoms with E-state index in [-0.39, 0.29) is 40.2 Å². The summed E-state index contributed by atoms with van der Waals surface area (Å²) >= 11 is 12.5.